The summed E-state index contributed by atoms with van der Waals surface area (Å²) < 4.78 is 0. The Morgan fingerprint density at radius 1 is 1.06 bits per heavy atom. The first kappa shape index (κ1) is 13.4. The second kappa shape index (κ2) is 4.89. The molecule has 1 aliphatic carbocycles. The largest absolute Gasteiger partial charge is 0.301 e. The molecule has 0 atom stereocenters. The third kappa shape index (κ3) is 2.68. The number of likely N-dealkylation sites (tertiary alicyclic amines) is 1. The van der Waals surface area contributed by atoms with Crippen LogP contribution in [0.15, 0.2) is 0 Å². The van der Waals surface area contributed by atoms with Crippen molar-refractivity contribution in [2.45, 2.75) is 71.5 Å². The van der Waals surface area contributed by atoms with Crippen molar-refractivity contribution in [3.05, 3.63) is 0 Å². The lowest BCUT2D eigenvalue weighted by atomic mass is 9.60. The zero-order chi connectivity index (χ0) is 12.6. The van der Waals surface area contributed by atoms with Crippen molar-refractivity contribution in [1.82, 2.24) is 9.80 Å². The molecule has 0 amide bonds. The Labute approximate surface area is 107 Å². The van der Waals surface area contributed by atoms with Crippen LogP contribution in [-0.4, -0.2) is 48.1 Å². The number of piperidine rings is 1. The summed E-state index contributed by atoms with van der Waals surface area (Å²) in [7, 11) is 2.30. The molecule has 0 unspecified atom stereocenters. The normalized spacial score (nSPS) is 26.1. The van der Waals surface area contributed by atoms with E-state index in [4.69, 9.17) is 0 Å². The molecule has 1 saturated heterocycles. The Morgan fingerprint density at radius 2 is 1.59 bits per heavy atom. The highest BCUT2D eigenvalue weighted by Crippen LogP contribution is 2.51. The number of hydrogen-bond donors (Lipinski definition) is 0. The van der Waals surface area contributed by atoms with E-state index in [1.807, 2.05) is 0 Å². The first-order valence-corrected chi connectivity index (χ1v) is 7.39. The molecule has 0 aromatic heterocycles. The molecule has 17 heavy (non-hydrogen) atoms. The minimum Gasteiger partial charge on any atom is -0.301 e. The van der Waals surface area contributed by atoms with Crippen LogP contribution < -0.4 is 0 Å². The maximum atomic E-state index is 2.64. The summed E-state index contributed by atoms with van der Waals surface area (Å²) in [5.74, 6) is 0. The van der Waals surface area contributed by atoms with Crippen LogP contribution in [0.1, 0.15) is 53.4 Å². The van der Waals surface area contributed by atoms with E-state index in [1.54, 1.807) is 0 Å². The summed E-state index contributed by atoms with van der Waals surface area (Å²) in [4.78, 5) is 5.21. The summed E-state index contributed by atoms with van der Waals surface area (Å²) in [5, 5.41) is 0. The smallest absolute Gasteiger partial charge is 0.0105 e. The van der Waals surface area contributed by atoms with Crippen molar-refractivity contribution in [3.8, 4) is 0 Å². The minimum absolute atomic E-state index is 0.702. The van der Waals surface area contributed by atoms with E-state index < -0.39 is 0 Å². The van der Waals surface area contributed by atoms with Crippen LogP contribution in [-0.2, 0) is 0 Å². The quantitative estimate of drug-likeness (QED) is 0.746. The fourth-order valence-corrected chi connectivity index (χ4v) is 3.57. The van der Waals surface area contributed by atoms with Gasteiger partial charge in [0.05, 0.1) is 0 Å². The molecule has 1 aliphatic heterocycles. The fourth-order valence-electron chi connectivity index (χ4n) is 3.57. The zero-order valence-electron chi connectivity index (χ0n) is 12.4. The monoisotopic (exact) mass is 238 g/mol. The van der Waals surface area contributed by atoms with Crippen molar-refractivity contribution in [2.75, 3.05) is 20.1 Å². The van der Waals surface area contributed by atoms with Gasteiger partial charge >= 0.3 is 0 Å². The molecule has 2 rings (SSSR count). The molecule has 1 saturated carbocycles. The van der Waals surface area contributed by atoms with E-state index in [2.05, 4.69) is 44.5 Å². The molecule has 2 nitrogen and oxygen atoms in total. The predicted octanol–water partition coefficient (Wildman–Crippen LogP) is 2.98. The summed E-state index contributed by atoms with van der Waals surface area (Å²) in [6, 6.07) is 2.30. The van der Waals surface area contributed by atoms with E-state index in [0.29, 0.717) is 6.04 Å². The van der Waals surface area contributed by atoms with E-state index in [-0.39, 0.29) is 0 Å². The van der Waals surface area contributed by atoms with E-state index in [9.17, 15) is 0 Å². The molecule has 0 radical (unpaired) electrons. The molecule has 0 aromatic rings. The Bertz CT molecular complexity index is 244. The second-order valence-electron chi connectivity index (χ2n) is 6.95. The van der Waals surface area contributed by atoms with Crippen molar-refractivity contribution in [3.63, 3.8) is 0 Å². The molecule has 100 valence electrons. The Morgan fingerprint density at radius 3 is 2.00 bits per heavy atom. The van der Waals surface area contributed by atoms with Gasteiger partial charge in [-0.25, -0.2) is 0 Å². The Kier molecular flexibility index (Phi) is 3.84. The molecular weight excluding hydrogens is 208 g/mol. The van der Waals surface area contributed by atoms with Crippen LogP contribution in [0.5, 0.6) is 0 Å². The number of nitrogens with zero attached hydrogens (tertiary/aromatic N) is 2. The van der Waals surface area contributed by atoms with Crippen LogP contribution in [0.25, 0.3) is 0 Å². The number of rotatable bonds is 3. The van der Waals surface area contributed by atoms with Gasteiger partial charge in [0.1, 0.15) is 0 Å². The maximum absolute atomic E-state index is 2.64. The van der Waals surface area contributed by atoms with Gasteiger partial charge in [0.25, 0.3) is 0 Å². The highest BCUT2D eigenvalue weighted by Gasteiger charge is 2.47. The molecule has 2 heteroatoms. The maximum Gasteiger partial charge on any atom is 0.0105 e. The van der Waals surface area contributed by atoms with Gasteiger partial charge in [-0.2, -0.15) is 0 Å². The second-order valence-corrected chi connectivity index (χ2v) is 6.95. The highest BCUT2D eigenvalue weighted by atomic mass is 15.2. The summed E-state index contributed by atoms with van der Waals surface area (Å²) in [6.07, 6.45) is 5.78. The van der Waals surface area contributed by atoms with Gasteiger partial charge in [0.15, 0.2) is 0 Å². The Balaban J connectivity index is 1.79. The average Bonchev–Trinajstić information content (AvgIpc) is 2.24. The highest BCUT2D eigenvalue weighted by molar-refractivity contribution is 5.01. The predicted molar refractivity (Wildman–Crippen MR) is 74.3 cm³/mol. The Hall–Kier alpha value is -0.0800. The van der Waals surface area contributed by atoms with Gasteiger partial charge in [-0.1, -0.05) is 0 Å². The van der Waals surface area contributed by atoms with E-state index in [0.717, 1.165) is 17.5 Å². The number of hydrogen-bond acceptors (Lipinski definition) is 2. The standard InChI is InChI=1S/C15H30N2/c1-12(2)16(5)14-10-15(11-14)6-8-17(9-7-15)13(3)4/h12-14H,6-11H2,1-5H3. The fraction of sp³-hybridized carbons (Fsp3) is 1.00. The molecular formula is C15H30N2. The lowest BCUT2D eigenvalue weighted by molar-refractivity contribution is -0.0477. The first-order chi connectivity index (χ1) is 7.93. The van der Waals surface area contributed by atoms with Gasteiger partial charge in [0.2, 0.25) is 0 Å². The molecule has 1 heterocycles. The van der Waals surface area contributed by atoms with E-state index >= 15 is 0 Å². The SMILES string of the molecule is CC(C)N1CCC2(CC1)CC(N(C)C(C)C)C2. The molecule has 1 spiro atoms. The summed E-state index contributed by atoms with van der Waals surface area (Å²) in [5.41, 5.74) is 0.721. The van der Waals surface area contributed by atoms with Crippen LogP contribution in [0.4, 0.5) is 0 Å². The van der Waals surface area contributed by atoms with Crippen LogP contribution in [0.2, 0.25) is 0 Å². The van der Waals surface area contributed by atoms with Crippen molar-refractivity contribution in [2.24, 2.45) is 5.41 Å². The molecule has 0 N–H and O–H groups in total. The first-order valence-electron chi connectivity index (χ1n) is 7.39. The lowest BCUT2D eigenvalue weighted by Crippen LogP contribution is -2.56. The summed E-state index contributed by atoms with van der Waals surface area (Å²) in [6.45, 7) is 11.9. The van der Waals surface area contributed by atoms with Gasteiger partial charge < -0.3 is 9.80 Å². The van der Waals surface area contributed by atoms with Crippen LogP contribution in [0, 0.1) is 5.41 Å². The molecule has 0 bridgehead atoms. The van der Waals surface area contributed by atoms with Crippen molar-refractivity contribution >= 4 is 0 Å². The molecule has 2 aliphatic rings. The van der Waals surface area contributed by atoms with Crippen LogP contribution in [0.3, 0.4) is 0 Å². The van der Waals surface area contributed by atoms with Gasteiger partial charge in [-0.3, -0.25) is 0 Å². The van der Waals surface area contributed by atoms with Crippen LogP contribution >= 0.6 is 0 Å². The van der Waals surface area contributed by atoms with Gasteiger partial charge in [-0.15, -0.1) is 0 Å². The molecule has 2 fully saturated rings. The van der Waals surface area contributed by atoms with Crippen molar-refractivity contribution < 1.29 is 0 Å². The molecule has 0 aromatic carbocycles. The van der Waals surface area contributed by atoms with E-state index in [1.165, 1.54) is 38.8 Å². The zero-order valence-corrected chi connectivity index (χ0v) is 12.4. The van der Waals surface area contributed by atoms with Gasteiger partial charge in [-0.05, 0) is 78.9 Å². The third-order valence-electron chi connectivity index (χ3n) is 5.32. The van der Waals surface area contributed by atoms with Gasteiger partial charge in [0, 0.05) is 18.1 Å². The summed E-state index contributed by atoms with van der Waals surface area (Å²) >= 11 is 0. The van der Waals surface area contributed by atoms with Crippen molar-refractivity contribution in [1.29, 1.82) is 0 Å². The average molecular weight is 238 g/mol. The third-order valence-corrected chi connectivity index (χ3v) is 5.32. The lowest BCUT2D eigenvalue weighted by Gasteiger charge is -2.56. The minimum atomic E-state index is 0.702. The topological polar surface area (TPSA) is 6.48 Å².